The number of carbonyl (C=O) groups excluding carboxylic acids is 1. The van der Waals surface area contributed by atoms with Crippen molar-refractivity contribution >= 4 is 6.29 Å². The van der Waals surface area contributed by atoms with Crippen LogP contribution in [0.25, 0.3) is 0 Å². The van der Waals surface area contributed by atoms with Crippen molar-refractivity contribution in [3.05, 3.63) is 71.8 Å². The third-order valence-electron chi connectivity index (χ3n) is 3.20. The van der Waals surface area contributed by atoms with Crippen LogP contribution >= 0.6 is 0 Å². The highest BCUT2D eigenvalue weighted by atomic mass is 16.5. The first-order chi connectivity index (χ1) is 10.8. The number of hydrogen-bond acceptors (Lipinski definition) is 4. The second-order valence-corrected chi connectivity index (χ2v) is 4.97. The van der Waals surface area contributed by atoms with Crippen molar-refractivity contribution in [1.82, 2.24) is 0 Å². The van der Waals surface area contributed by atoms with Gasteiger partial charge in [0.15, 0.2) is 6.29 Å². The summed E-state index contributed by atoms with van der Waals surface area (Å²) in [5.41, 5.74) is 1.97. The average Bonchev–Trinajstić information content (AvgIpc) is 2.57. The van der Waals surface area contributed by atoms with Gasteiger partial charge in [-0.3, -0.25) is 0 Å². The summed E-state index contributed by atoms with van der Waals surface area (Å²) in [6, 6.07) is 19.2. The van der Waals surface area contributed by atoms with E-state index in [1.54, 1.807) is 0 Å². The molecule has 0 spiro atoms. The second-order valence-electron chi connectivity index (χ2n) is 4.97. The van der Waals surface area contributed by atoms with Crippen molar-refractivity contribution in [3.63, 3.8) is 0 Å². The van der Waals surface area contributed by atoms with Crippen LogP contribution < -0.4 is 0 Å². The number of aldehydes is 1. The van der Waals surface area contributed by atoms with E-state index in [9.17, 15) is 9.90 Å². The summed E-state index contributed by atoms with van der Waals surface area (Å²) < 4.78 is 10.9. The number of aliphatic hydroxyl groups is 1. The van der Waals surface area contributed by atoms with E-state index in [-0.39, 0.29) is 13.2 Å². The van der Waals surface area contributed by atoms with E-state index in [0.29, 0.717) is 12.9 Å². The fraction of sp³-hybridized carbons (Fsp3) is 0.278. The Morgan fingerprint density at radius 1 is 0.909 bits per heavy atom. The molecule has 0 amide bonds. The van der Waals surface area contributed by atoms with Crippen LogP contribution in [0.3, 0.4) is 0 Å². The van der Waals surface area contributed by atoms with E-state index in [1.807, 2.05) is 60.7 Å². The van der Waals surface area contributed by atoms with E-state index in [2.05, 4.69) is 0 Å². The lowest BCUT2D eigenvalue weighted by Crippen LogP contribution is -2.34. The second kappa shape index (κ2) is 9.10. The molecule has 0 aliphatic carbocycles. The van der Waals surface area contributed by atoms with Gasteiger partial charge < -0.3 is 19.4 Å². The van der Waals surface area contributed by atoms with Crippen molar-refractivity contribution in [2.45, 2.75) is 25.4 Å². The van der Waals surface area contributed by atoms with Gasteiger partial charge in [-0.1, -0.05) is 60.7 Å². The average molecular weight is 300 g/mol. The van der Waals surface area contributed by atoms with Gasteiger partial charge >= 0.3 is 0 Å². The summed E-state index contributed by atoms with van der Waals surface area (Å²) >= 11 is 0. The number of aliphatic hydroxyl groups excluding tert-OH is 1. The summed E-state index contributed by atoms with van der Waals surface area (Å²) in [6.07, 6.45) is -1.26. The monoisotopic (exact) mass is 300 g/mol. The molecule has 0 saturated heterocycles. The van der Waals surface area contributed by atoms with Crippen LogP contribution in [0.5, 0.6) is 0 Å². The van der Waals surface area contributed by atoms with E-state index >= 15 is 0 Å². The predicted molar refractivity (Wildman–Crippen MR) is 83.2 cm³/mol. The minimum Gasteiger partial charge on any atom is -0.388 e. The van der Waals surface area contributed by atoms with Crippen LogP contribution in [-0.2, 0) is 27.5 Å². The maximum absolute atomic E-state index is 11.1. The molecule has 0 radical (unpaired) electrons. The van der Waals surface area contributed by atoms with Gasteiger partial charge in [-0.2, -0.15) is 0 Å². The fourth-order valence-corrected chi connectivity index (χ4v) is 1.97. The fourth-order valence-electron chi connectivity index (χ4n) is 1.97. The quantitative estimate of drug-likeness (QED) is 0.722. The van der Waals surface area contributed by atoms with Crippen LogP contribution in [0.2, 0.25) is 0 Å². The number of rotatable bonds is 9. The molecule has 2 atom stereocenters. The van der Waals surface area contributed by atoms with Crippen LogP contribution in [0.15, 0.2) is 60.7 Å². The lowest BCUT2D eigenvalue weighted by molar-refractivity contribution is -0.131. The smallest absolute Gasteiger partial charge is 0.151 e. The van der Waals surface area contributed by atoms with E-state index in [1.165, 1.54) is 0 Å². The summed E-state index contributed by atoms with van der Waals surface area (Å²) in [7, 11) is 0. The number of carbonyl (C=O) groups is 1. The number of hydrogen-bond donors (Lipinski definition) is 1. The zero-order valence-corrected chi connectivity index (χ0v) is 12.3. The molecule has 2 aromatic rings. The van der Waals surface area contributed by atoms with E-state index in [4.69, 9.17) is 9.47 Å². The molecule has 0 aliphatic heterocycles. The lowest BCUT2D eigenvalue weighted by atomic mass is 10.2. The zero-order chi connectivity index (χ0) is 15.6. The maximum atomic E-state index is 11.1. The zero-order valence-electron chi connectivity index (χ0n) is 12.3. The molecule has 0 saturated carbocycles. The molecule has 0 bridgehead atoms. The molecule has 0 aliphatic rings. The Bertz CT molecular complexity index is 542. The molecule has 116 valence electrons. The first-order valence-electron chi connectivity index (χ1n) is 7.20. The highest BCUT2D eigenvalue weighted by Crippen LogP contribution is 2.07. The van der Waals surface area contributed by atoms with Crippen molar-refractivity contribution in [1.29, 1.82) is 0 Å². The Labute approximate surface area is 130 Å². The maximum Gasteiger partial charge on any atom is 0.151 e. The van der Waals surface area contributed by atoms with Gasteiger partial charge in [0.05, 0.1) is 19.8 Å². The normalized spacial score (nSPS) is 13.5. The minimum atomic E-state index is -0.982. The highest BCUT2D eigenvalue weighted by Gasteiger charge is 2.19. The van der Waals surface area contributed by atoms with Crippen LogP contribution in [-0.4, -0.2) is 30.2 Å². The third kappa shape index (κ3) is 5.41. The molecule has 2 aromatic carbocycles. The molecule has 0 heterocycles. The predicted octanol–water partition coefficient (Wildman–Crippen LogP) is 2.35. The van der Waals surface area contributed by atoms with Gasteiger partial charge in [0.25, 0.3) is 0 Å². The summed E-state index contributed by atoms with van der Waals surface area (Å²) in [4.78, 5) is 11.1. The molecular formula is C18H20O4. The Hall–Kier alpha value is -2.01. The van der Waals surface area contributed by atoms with E-state index < -0.39 is 12.2 Å². The number of benzene rings is 2. The summed E-state index contributed by atoms with van der Waals surface area (Å²) in [5.74, 6) is 0. The van der Waals surface area contributed by atoms with Crippen LogP contribution in [0, 0.1) is 0 Å². The summed E-state index contributed by atoms with van der Waals surface area (Å²) in [5, 5.41) is 9.98. The SMILES string of the molecule is O=C[C@@H](OCc1ccccc1)[C@H](O)COCc1ccccc1. The van der Waals surface area contributed by atoms with Gasteiger partial charge in [0, 0.05) is 0 Å². The molecule has 22 heavy (non-hydrogen) atoms. The van der Waals surface area contributed by atoms with Gasteiger partial charge in [-0.25, -0.2) is 0 Å². The molecule has 2 rings (SSSR count). The third-order valence-corrected chi connectivity index (χ3v) is 3.20. The topological polar surface area (TPSA) is 55.8 Å². The number of ether oxygens (including phenoxy) is 2. The molecule has 1 N–H and O–H groups in total. The first kappa shape index (κ1) is 16.4. The largest absolute Gasteiger partial charge is 0.388 e. The minimum absolute atomic E-state index is 0.0487. The first-order valence-corrected chi connectivity index (χ1v) is 7.20. The Kier molecular flexibility index (Phi) is 6.77. The van der Waals surface area contributed by atoms with Gasteiger partial charge in [0.1, 0.15) is 12.2 Å². The van der Waals surface area contributed by atoms with Crippen LogP contribution in [0.1, 0.15) is 11.1 Å². The Balaban J connectivity index is 1.74. The highest BCUT2D eigenvalue weighted by molar-refractivity contribution is 5.57. The van der Waals surface area contributed by atoms with Crippen molar-refractivity contribution in [2.24, 2.45) is 0 Å². The standard InChI is InChI=1S/C18H20O4/c19-11-18(22-13-16-9-5-2-6-10-16)17(20)14-21-12-15-7-3-1-4-8-15/h1-11,17-18,20H,12-14H2/t17-,18-/m1/s1. The Morgan fingerprint density at radius 3 is 2.00 bits per heavy atom. The van der Waals surface area contributed by atoms with E-state index in [0.717, 1.165) is 11.1 Å². The van der Waals surface area contributed by atoms with Crippen molar-refractivity contribution < 1.29 is 19.4 Å². The summed E-state index contributed by atoms with van der Waals surface area (Å²) in [6.45, 7) is 0.718. The van der Waals surface area contributed by atoms with Crippen molar-refractivity contribution in [3.8, 4) is 0 Å². The van der Waals surface area contributed by atoms with Crippen molar-refractivity contribution in [2.75, 3.05) is 6.61 Å². The van der Waals surface area contributed by atoms with Crippen LogP contribution in [0.4, 0.5) is 0 Å². The molecule has 0 fully saturated rings. The molecule has 4 heteroatoms. The molecule has 4 nitrogen and oxygen atoms in total. The van der Waals surface area contributed by atoms with Gasteiger partial charge in [0.2, 0.25) is 0 Å². The van der Waals surface area contributed by atoms with Gasteiger partial charge in [-0.05, 0) is 11.1 Å². The van der Waals surface area contributed by atoms with Gasteiger partial charge in [-0.15, -0.1) is 0 Å². The lowest BCUT2D eigenvalue weighted by Gasteiger charge is -2.18. The molecule has 0 unspecified atom stereocenters. The molecule has 0 aromatic heterocycles. The Morgan fingerprint density at radius 2 is 1.45 bits per heavy atom. The molecular weight excluding hydrogens is 280 g/mol.